The number of carbonyl (C=O) groups is 1. The summed E-state index contributed by atoms with van der Waals surface area (Å²) in [6.07, 6.45) is 0.488. The molecule has 3 rings (SSSR count). The number of halogens is 2. The summed E-state index contributed by atoms with van der Waals surface area (Å²) >= 11 is 0. The minimum absolute atomic E-state index is 0.186. The lowest BCUT2D eigenvalue weighted by molar-refractivity contribution is 0.00964. The van der Waals surface area contributed by atoms with Gasteiger partial charge in [0.15, 0.2) is 0 Å². The molecule has 1 atom stereocenters. The Hall–Kier alpha value is -2.27. The number of amides is 1. The van der Waals surface area contributed by atoms with Gasteiger partial charge in [-0.2, -0.15) is 0 Å². The topological polar surface area (TPSA) is 29.5 Å². The van der Waals surface area contributed by atoms with E-state index in [2.05, 4.69) is 0 Å². The van der Waals surface area contributed by atoms with Crippen molar-refractivity contribution in [1.29, 1.82) is 0 Å². The lowest BCUT2D eigenvalue weighted by Crippen LogP contribution is -2.38. The zero-order valence-corrected chi connectivity index (χ0v) is 12.8. The second-order valence-corrected chi connectivity index (χ2v) is 5.69. The Morgan fingerprint density at radius 1 is 1.13 bits per heavy atom. The molecule has 0 fully saturated rings. The zero-order valence-electron chi connectivity index (χ0n) is 12.8. The van der Waals surface area contributed by atoms with Gasteiger partial charge in [-0.1, -0.05) is 30.3 Å². The molecule has 0 saturated heterocycles. The molecule has 0 radical (unpaired) electrons. The highest BCUT2D eigenvalue weighted by atomic mass is 19.1. The molecule has 1 heterocycles. The van der Waals surface area contributed by atoms with Gasteiger partial charge in [-0.15, -0.1) is 0 Å². The molecule has 1 amide bonds. The minimum Gasteiger partial charge on any atom is -0.371 e. The van der Waals surface area contributed by atoms with Crippen LogP contribution in [0.5, 0.6) is 0 Å². The van der Waals surface area contributed by atoms with Crippen LogP contribution >= 0.6 is 0 Å². The molecular formula is C18H17F2NO2. The minimum atomic E-state index is -0.850. The van der Waals surface area contributed by atoms with Crippen LogP contribution in [0.1, 0.15) is 21.5 Å². The van der Waals surface area contributed by atoms with E-state index in [4.69, 9.17) is 4.74 Å². The monoisotopic (exact) mass is 317 g/mol. The molecule has 3 nitrogen and oxygen atoms in total. The number of likely N-dealkylation sites (N-methyl/N-ethyl adjacent to an activating group) is 1. The Balaban J connectivity index is 1.70. The molecule has 2 aromatic rings. The predicted molar refractivity (Wildman–Crippen MR) is 82.0 cm³/mol. The first-order valence-electron chi connectivity index (χ1n) is 7.44. The van der Waals surface area contributed by atoms with Crippen LogP contribution in [0.3, 0.4) is 0 Å². The summed E-state index contributed by atoms with van der Waals surface area (Å²) in [6.45, 7) is 0.762. The van der Waals surface area contributed by atoms with Gasteiger partial charge in [-0.3, -0.25) is 4.79 Å². The van der Waals surface area contributed by atoms with Crippen molar-refractivity contribution in [3.8, 4) is 0 Å². The number of carbonyl (C=O) groups excluding carboxylic acids is 1. The summed E-state index contributed by atoms with van der Waals surface area (Å²) in [5.74, 6) is -2.38. The molecule has 0 aromatic heterocycles. The fourth-order valence-electron chi connectivity index (χ4n) is 2.81. The zero-order chi connectivity index (χ0) is 16.4. The first-order valence-corrected chi connectivity index (χ1v) is 7.44. The number of fused-ring (bicyclic) bond motifs is 1. The van der Waals surface area contributed by atoms with Gasteiger partial charge >= 0.3 is 0 Å². The molecule has 1 aliphatic heterocycles. The number of hydrogen-bond donors (Lipinski definition) is 0. The largest absolute Gasteiger partial charge is 0.371 e. The molecule has 5 heteroatoms. The fourth-order valence-corrected chi connectivity index (χ4v) is 2.81. The molecule has 120 valence electrons. The molecule has 0 spiro atoms. The van der Waals surface area contributed by atoms with Crippen LogP contribution < -0.4 is 0 Å². The Labute approximate surface area is 133 Å². The van der Waals surface area contributed by atoms with Crippen molar-refractivity contribution in [3.05, 3.63) is 70.8 Å². The summed E-state index contributed by atoms with van der Waals surface area (Å²) < 4.78 is 33.2. The summed E-state index contributed by atoms with van der Waals surface area (Å²) in [5.41, 5.74) is 1.80. The summed E-state index contributed by atoms with van der Waals surface area (Å²) in [6, 6.07) is 11.4. The molecule has 23 heavy (non-hydrogen) atoms. The smallest absolute Gasteiger partial charge is 0.259 e. The maximum atomic E-state index is 13.7. The first-order chi connectivity index (χ1) is 11.1. The van der Waals surface area contributed by atoms with Crippen LogP contribution in [-0.4, -0.2) is 30.5 Å². The SMILES string of the molecule is CN(CC1Cc2ccccc2CO1)C(=O)c1c(F)cccc1F. The van der Waals surface area contributed by atoms with Crippen molar-refractivity contribution in [3.63, 3.8) is 0 Å². The van der Waals surface area contributed by atoms with E-state index in [1.54, 1.807) is 0 Å². The Morgan fingerprint density at radius 2 is 1.78 bits per heavy atom. The van der Waals surface area contributed by atoms with Crippen LogP contribution in [0.4, 0.5) is 8.78 Å². The molecule has 0 saturated carbocycles. The van der Waals surface area contributed by atoms with Crippen LogP contribution in [0.25, 0.3) is 0 Å². The maximum absolute atomic E-state index is 13.7. The second-order valence-electron chi connectivity index (χ2n) is 5.69. The predicted octanol–water partition coefficient (Wildman–Crippen LogP) is 3.18. The van der Waals surface area contributed by atoms with Crippen molar-refractivity contribution in [2.24, 2.45) is 0 Å². The fraction of sp³-hybridized carbons (Fsp3) is 0.278. The van der Waals surface area contributed by atoms with Gasteiger partial charge < -0.3 is 9.64 Å². The average Bonchev–Trinajstić information content (AvgIpc) is 2.54. The van der Waals surface area contributed by atoms with Gasteiger partial charge in [0.2, 0.25) is 0 Å². The number of nitrogens with zero attached hydrogens (tertiary/aromatic N) is 1. The van der Waals surface area contributed by atoms with E-state index >= 15 is 0 Å². The molecule has 1 aliphatic rings. The van der Waals surface area contributed by atoms with Gasteiger partial charge in [0, 0.05) is 20.0 Å². The van der Waals surface area contributed by atoms with E-state index in [9.17, 15) is 13.6 Å². The summed E-state index contributed by atoms with van der Waals surface area (Å²) in [7, 11) is 1.53. The molecular weight excluding hydrogens is 300 g/mol. The Bertz CT molecular complexity index is 712. The number of rotatable bonds is 3. The summed E-state index contributed by atoms with van der Waals surface area (Å²) in [4.78, 5) is 13.6. The molecule has 1 unspecified atom stereocenters. The van der Waals surface area contributed by atoms with Gasteiger partial charge in [0.05, 0.1) is 12.7 Å². The molecule has 0 aliphatic carbocycles. The van der Waals surface area contributed by atoms with Crippen LogP contribution in [-0.2, 0) is 17.8 Å². The van der Waals surface area contributed by atoms with Gasteiger partial charge in [-0.05, 0) is 23.3 Å². The molecule has 0 bridgehead atoms. The number of benzene rings is 2. The van der Waals surface area contributed by atoms with Crippen molar-refractivity contribution in [1.82, 2.24) is 4.90 Å². The van der Waals surface area contributed by atoms with E-state index in [-0.39, 0.29) is 12.6 Å². The normalized spacial score (nSPS) is 16.7. The third kappa shape index (κ3) is 3.24. The van der Waals surface area contributed by atoms with E-state index < -0.39 is 23.1 Å². The van der Waals surface area contributed by atoms with E-state index in [1.165, 1.54) is 23.6 Å². The lowest BCUT2D eigenvalue weighted by Gasteiger charge is -2.29. The van der Waals surface area contributed by atoms with Crippen LogP contribution in [0, 0.1) is 11.6 Å². The van der Waals surface area contributed by atoms with Crippen molar-refractivity contribution in [2.45, 2.75) is 19.1 Å². The summed E-state index contributed by atoms with van der Waals surface area (Å²) in [5, 5.41) is 0. The highest BCUT2D eigenvalue weighted by Gasteiger charge is 2.25. The van der Waals surface area contributed by atoms with Crippen LogP contribution in [0.2, 0.25) is 0 Å². The highest BCUT2D eigenvalue weighted by Crippen LogP contribution is 2.21. The highest BCUT2D eigenvalue weighted by molar-refractivity contribution is 5.94. The molecule has 0 N–H and O–H groups in total. The third-order valence-corrected chi connectivity index (χ3v) is 4.04. The standard InChI is InChI=1S/C18H17F2NO2/c1-21(18(22)17-15(19)7-4-8-16(17)20)10-14-9-12-5-2-3-6-13(12)11-23-14/h2-8,14H,9-11H2,1H3. The third-order valence-electron chi connectivity index (χ3n) is 4.04. The van der Waals surface area contributed by atoms with Crippen molar-refractivity contribution < 1.29 is 18.3 Å². The lowest BCUT2D eigenvalue weighted by atomic mass is 9.99. The molecule has 2 aromatic carbocycles. The second kappa shape index (κ2) is 6.46. The van der Waals surface area contributed by atoms with Crippen molar-refractivity contribution in [2.75, 3.05) is 13.6 Å². The first kappa shape index (κ1) is 15.6. The Kier molecular flexibility index (Phi) is 4.39. The average molecular weight is 317 g/mol. The van der Waals surface area contributed by atoms with Gasteiger partial charge in [-0.25, -0.2) is 8.78 Å². The van der Waals surface area contributed by atoms with Crippen molar-refractivity contribution >= 4 is 5.91 Å². The van der Waals surface area contributed by atoms with Gasteiger partial charge in [0.25, 0.3) is 5.91 Å². The number of hydrogen-bond acceptors (Lipinski definition) is 2. The number of ether oxygens (including phenoxy) is 1. The van der Waals surface area contributed by atoms with E-state index in [1.807, 2.05) is 24.3 Å². The maximum Gasteiger partial charge on any atom is 0.259 e. The van der Waals surface area contributed by atoms with E-state index in [0.29, 0.717) is 13.0 Å². The van der Waals surface area contributed by atoms with E-state index in [0.717, 1.165) is 17.7 Å². The Morgan fingerprint density at radius 3 is 2.48 bits per heavy atom. The quantitative estimate of drug-likeness (QED) is 0.870. The van der Waals surface area contributed by atoms with Crippen LogP contribution in [0.15, 0.2) is 42.5 Å². The van der Waals surface area contributed by atoms with Gasteiger partial charge in [0.1, 0.15) is 17.2 Å².